The van der Waals surface area contributed by atoms with Crippen LogP contribution in [0.2, 0.25) is 0 Å². The number of amides is 3. The normalized spacial score (nSPS) is 14.5. The Kier molecular flexibility index (Phi) is 5.39. The van der Waals surface area contributed by atoms with E-state index in [9.17, 15) is 14.4 Å². The van der Waals surface area contributed by atoms with Crippen molar-refractivity contribution in [1.82, 2.24) is 9.88 Å². The number of hydrogen-bond acceptors (Lipinski definition) is 5. The van der Waals surface area contributed by atoms with Crippen LogP contribution in [0.15, 0.2) is 42.5 Å². The summed E-state index contributed by atoms with van der Waals surface area (Å²) in [6.07, 6.45) is 1.30. The van der Waals surface area contributed by atoms with Gasteiger partial charge in [-0.3, -0.25) is 19.3 Å². The molecule has 3 aromatic rings. The molecular weight excluding hydrogens is 398 g/mol. The number of rotatable bonds is 6. The topological polar surface area (TPSA) is 79.4 Å². The maximum Gasteiger partial charge on any atom is 0.262 e. The van der Waals surface area contributed by atoms with Gasteiger partial charge in [-0.2, -0.15) is 0 Å². The van der Waals surface area contributed by atoms with Crippen LogP contribution in [0, 0.1) is 5.92 Å². The lowest BCUT2D eigenvalue weighted by Crippen LogP contribution is -2.47. The van der Waals surface area contributed by atoms with Crippen molar-refractivity contribution in [3.63, 3.8) is 0 Å². The molecule has 1 unspecified atom stereocenters. The Morgan fingerprint density at radius 2 is 1.77 bits per heavy atom. The molecule has 0 aliphatic carbocycles. The van der Waals surface area contributed by atoms with Crippen molar-refractivity contribution in [3.8, 4) is 0 Å². The first-order valence-corrected chi connectivity index (χ1v) is 10.9. The average Bonchev–Trinajstić information content (AvgIpc) is 3.24. The van der Waals surface area contributed by atoms with Crippen molar-refractivity contribution in [3.05, 3.63) is 59.2 Å². The zero-order valence-electron chi connectivity index (χ0n) is 17.1. The van der Waals surface area contributed by atoms with E-state index in [1.165, 1.54) is 16.9 Å². The largest absolute Gasteiger partial charge is 0.300 e. The Bertz CT molecular complexity index is 1120. The average molecular weight is 422 g/mol. The van der Waals surface area contributed by atoms with Crippen molar-refractivity contribution < 1.29 is 14.4 Å². The number of imide groups is 1. The summed E-state index contributed by atoms with van der Waals surface area (Å²) in [5.74, 6) is -1.12. The molecule has 0 radical (unpaired) electrons. The second-order valence-electron chi connectivity index (χ2n) is 7.84. The minimum Gasteiger partial charge on any atom is -0.300 e. The third-order valence-corrected chi connectivity index (χ3v) is 6.16. The van der Waals surface area contributed by atoms with Gasteiger partial charge in [0.1, 0.15) is 6.04 Å². The molecule has 6 nitrogen and oxygen atoms in total. The second kappa shape index (κ2) is 7.99. The number of anilines is 1. The van der Waals surface area contributed by atoms with Gasteiger partial charge >= 0.3 is 0 Å². The Morgan fingerprint density at radius 3 is 2.37 bits per heavy atom. The monoisotopic (exact) mass is 421 g/mol. The van der Waals surface area contributed by atoms with Gasteiger partial charge in [-0.1, -0.05) is 50.3 Å². The van der Waals surface area contributed by atoms with Crippen LogP contribution in [-0.4, -0.2) is 33.6 Å². The van der Waals surface area contributed by atoms with E-state index in [1.54, 1.807) is 24.3 Å². The molecule has 0 spiro atoms. The molecule has 3 amide bonds. The number of fused-ring (bicyclic) bond motifs is 2. The number of thiazole rings is 1. The Balaban J connectivity index is 1.62. The smallest absolute Gasteiger partial charge is 0.262 e. The van der Waals surface area contributed by atoms with Crippen LogP contribution in [0.5, 0.6) is 0 Å². The number of carbonyl (C=O) groups is 3. The fourth-order valence-corrected chi connectivity index (χ4v) is 4.63. The van der Waals surface area contributed by atoms with Gasteiger partial charge in [-0.25, -0.2) is 4.98 Å². The van der Waals surface area contributed by atoms with Crippen LogP contribution in [0.4, 0.5) is 5.13 Å². The van der Waals surface area contributed by atoms with Crippen molar-refractivity contribution in [2.75, 3.05) is 5.32 Å². The Morgan fingerprint density at radius 1 is 1.10 bits per heavy atom. The zero-order valence-corrected chi connectivity index (χ0v) is 18.0. The minimum atomic E-state index is -0.893. The summed E-state index contributed by atoms with van der Waals surface area (Å²) in [6, 6.07) is 11.8. The molecule has 1 aliphatic rings. The molecule has 1 aliphatic heterocycles. The molecule has 2 aromatic carbocycles. The first kappa shape index (κ1) is 20.2. The summed E-state index contributed by atoms with van der Waals surface area (Å²) in [5.41, 5.74) is 2.70. The molecule has 7 heteroatoms. The Hall–Kier alpha value is -3.06. The number of aromatic nitrogens is 1. The van der Waals surface area contributed by atoms with Crippen molar-refractivity contribution in [2.45, 2.75) is 39.7 Å². The van der Waals surface area contributed by atoms with Gasteiger partial charge in [0, 0.05) is 0 Å². The van der Waals surface area contributed by atoms with Crippen molar-refractivity contribution >= 4 is 44.4 Å². The molecular formula is C23H23N3O3S. The third-order valence-electron chi connectivity index (χ3n) is 5.23. The van der Waals surface area contributed by atoms with E-state index < -0.39 is 23.8 Å². The summed E-state index contributed by atoms with van der Waals surface area (Å²) in [4.78, 5) is 44.6. The maximum absolute atomic E-state index is 13.2. The van der Waals surface area contributed by atoms with Gasteiger partial charge in [0.05, 0.1) is 21.3 Å². The summed E-state index contributed by atoms with van der Waals surface area (Å²) in [6.45, 7) is 6.01. The van der Waals surface area contributed by atoms with E-state index in [0.717, 1.165) is 21.5 Å². The first-order chi connectivity index (χ1) is 14.4. The van der Waals surface area contributed by atoms with Gasteiger partial charge in [0.15, 0.2) is 5.13 Å². The minimum absolute atomic E-state index is 0.118. The quantitative estimate of drug-likeness (QED) is 0.594. The molecule has 0 saturated heterocycles. The lowest BCUT2D eigenvalue weighted by atomic mass is 10.0. The fraction of sp³-hybridized carbons (Fsp3) is 0.304. The van der Waals surface area contributed by atoms with Crippen molar-refractivity contribution in [2.24, 2.45) is 5.92 Å². The summed E-state index contributed by atoms with van der Waals surface area (Å²) in [7, 11) is 0. The highest BCUT2D eigenvalue weighted by Crippen LogP contribution is 2.30. The molecule has 0 bridgehead atoms. The van der Waals surface area contributed by atoms with E-state index in [-0.39, 0.29) is 5.92 Å². The number of nitrogens with one attached hydrogen (secondary N) is 1. The van der Waals surface area contributed by atoms with Crippen LogP contribution in [0.25, 0.3) is 10.2 Å². The zero-order chi connectivity index (χ0) is 21.4. The van der Waals surface area contributed by atoms with E-state index in [0.29, 0.717) is 22.7 Å². The first-order valence-electron chi connectivity index (χ1n) is 10.1. The van der Waals surface area contributed by atoms with Gasteiger partial charge in [-0.15, -0.1) is 0 Å². The summed E-state index contributed by atoms with van der Waals surface area (Å²) < 4.78 is 0.991. The maximum atomic E-state index is 13.2. The van der Waals surface area contributed by atoms with Crippen LogP contribution in [-0.2, 0) is 11.2 Å². The van der Waals surface area contributed by atoms with Gasteiger partial charge in [-0.05, 0) is 48.6 Å². The van der Waals surface area contributed by atoms with Gasteiger partial charge < -0.3 is 5.32 Å². The molecule has 0 saturated carbocycles. The van der Waals surface area contributed by atoms with E-state index in [1.807, 2.05) is 26.0 Å². The summed E-state index contributed by atoms with van der Waals surface area (Å²) in [5, 5.41) is 3.31. The number of nitrogens with zero attached hydrogens (tertiary/aromatic N) is 2. The van der Waals surface area contributed by atoms with Crippen molar-refractivity contribution in [1.29, 1.82) is 0 Å². The number of aryl methyl sites for hydroxylation is 1. The molecule has 154 valence electrons. The predicted molar refractivity (Wildman–Crippen MR) is 118 cm³/mol. The number of carbonyl (C=O) groups excluding carboxylic acids is 3. The van der Waals surface area contributed by atoms with Crippen LogP contribution in [0.1, 0.15) is 53.5 Å². The standard InChI is InChI=1S/C23H23N3O3S/c1-4-14-9-10-17-19(12-14)30-23(24-17)25-20(27)18(11-13(2)3)26-21(28)15-7-5-6-8-16(15)22(26)29/h5-10,12-13,18H,4,11H2,1-3H3,(H,24,25,27). The Labute approximate surface area is 178 Å². The molecule has 0 fully saturated rings. The molecule has 4 rings (SSSR count). The van der Waals surface area contributed by atoms with E-state index in [4.69, 9.17) is 0 Å². The highest BCUT2D eigenvalue weighted by molar-refractivity contribution is 7.22. The lowest BCUT2D eigenvalue weighted by Gasteiger charge is -2.26. The number of hydrogen-bond donors (Lipinski definition) is 1. The highest BCUT2D eigenvalue weighted by Gasteiger charge is 2.42. The molecule has 1 N–H and O–H groups in total. The predicted octanol–water partition coefficient (Wildman–Crippen LogP) is 4.51. The molecule has 1 atom stereocenters. The SMILES string of the molecule is CCc1ccc2nc(NC(=O)C(CC(C)C)N3C(=O)c4ccccc4C3=O)sc2c1. The second-order valence-corrected chi connectivity index (χ2v) is 8.87. The van der Waals surface area contributed by atoms with Crippen LogP contribution < -0.4 is 5.32 Å². The van der Waals surface area contributed by atoms with Gasteiger partial charge in [0.2, 0.25) is 5.91 Å². The molecule has 30 heavy (non-hydrogen) atoms. The molecule has 2 heterocycles. The lowest BCUT2D eigenvalue weighted by molar-refractivity contribution is -0.120. The summed E-state index contributed by atoms with van der Waals surface area (Å²) >= 11 is 1.39. The van der Waals surface area contributed by atoms with Crippen LogP contribution in [0.3, 0.4) is 0 Å². The highest BCUT2D eigenvalue weighted by atomic mass is 32.1. The van der Waals surface area contributed by atoms with E-state index >= 15 is 0 Å². The molecule has 1 aromatic heterocycles. The third kappa shape index (κ3) is 3.61. The van der Waals surface area contributed by atoms with Crippen LogP contribution >= 0.6 is 11.3 Å². The van der Waals surface area contributed by atoms with E-state index in [2.05, 4.69) is 23.3 Å². The van der Waals surface area contributed by atoms with Gasteiger partial charge in [0.25, 0.3) is 11.8 Å². The fourth-order valence-electron chi connectivity index (χ4n) is 3.70. The number of benzene rings is 2.